The fourth-order valence-corrected chi connectivity index (χ4v) is 3.70. The lowest BCUT2D eigenvalue weighted by molar-refractivity contribution is -0.123. The lowest BCUT2D eigenvalue weighted by atomic mass is 10.2. The van der Waals surface area contributed by atoms with Gasteiger partial charge in [0.25, 0.3) is 0 Å². The van der Waals surface area contributed by atoms with Crippen molar-refractivity contribution in [1.29, 1.82) is 0 Å². The summed E-state index contributed by atoms with van der Waals surface area (Å²) in [6.07, 6.45) is 3.69. The molecule has 0 aliphatic carbocycles. The number of thioether (sulfide) groups is 1. The monoisotopic (exact) mass is 453 g/mol. The predicted octanol–water partition coefficient (Wildman–Crippen LogP) is 3.90. The molecule has 2 aromatic rings. The molecule has 1 saturated heterocycles. The van der Waals surface area contributed by atoms with Crippen LogP contribution >= 0.6 is 11.8 Å². The van der Waals surface area contributed by atoms with E-state index in [1.807, 2.05) is 55.4 Å². The van der Waals surface area contributed by atoms with Crippen LogP contribution in [0.25, 0.3) is 6.08 Å². The normalized spacial score (nSPS) is 18.0. The number of carbonyl (C=O) groups excluding carboxylic acids is 2. The molecule has 0 saturated carbocycles. The molecule has 1 aliphatic rings. The van der Waals surface area contributed by atoms with Crippen molar-refractivity contribution in [2.75, 3.05) is 24.3 Å². The molecule has 166 valence electrons. The first-order valence-electron chi connectivity index (χ1n) is 9.91. The highest BCUT2D eigenvalue weighted by Gasteiger charge is 2.30. The lowest BCUT2D eigenvalue weighted by Crippen LogP contribution is -2.42. The smallest absolute Gasteiger partial charge is 0.238 e. The van der Waals surface area contributed by atoms with Crippen molar-refractivity contribution in [1.82, 2.24) is 5.32 Å². The van der Waals surface area contributed by atoms with Gasteiger partial charge in [0, 0.05) is 26.2 Å². The zero-order valence-electron chi connectivity index (χ0n) is 18.0. The van der Waals surface area contributed by atoms with Gasteiger partial charge in [0.2, 0.25) is 11.8 Å². The molecule has 9 heteroatoms. The molecule has 2 amide bonds. The van der Waals surface area contributed by atoms with Gasteiger partial charge in [-0.25, -0.2) is 4.39 Å². The van der Waals surface area contributed by atoms with Crippen molar-refractivity contribution in [3.63, 3.8) is 0 Å². The number of carbonyl (C=O) groups is 2. The van der Waals surface area contributed by atoms with Crippen LogP contribution in [0.5, 0.6) is 0 Å². The summed E-state index contributed by atoms with van der Waals surface area (Å²) in [6, 6.07) is 13.9. The molecule has 1 aliphatic heterocycles. The zero-order chi connectivity index (χ0) is 23.1. The zero-order valence-corrected chi connectivity index (χ0v) is 18.8. The summed E-state index contributed by atoms with van der Waals surface area (Å²) in [5.41, 5.74) is 2.82. The van der Waals surface area contributed by atoms with E-state index in [-0.39, 0.29) is 23.2 Å². The summed E-state index contributed by atoms with van der Waals surface area (Å²) < 4.78 is 13.8. The van der Waals surface area contributed by atoms with Crippen LogP contribution in [-0.4, -0.2) is 42.0 Å². The van der Waals surface area contributed by atoms with E-state index in [1.54, 1.807) is 13.0 Å². The Hall–Kier alpha value is -3.46. The predicted molar refractivity (Wildman–Crippen MR) is 130 cm³/mol. The van der Waals surface area contributed by atoms with E-state index in [1.165, 1.54) is 18.2 Å². The van der Waals surface area contributed by atoms with Crippen LogP contribution in [0.1, 0.15) is 18.9 Å². The number of halogens is 1. The maximum atomic E-state index is 13.8. The molecular weight excluding hydrogens is 429 g/mol. The van der Waals surface area contributed by atoms with Crippen molar-refractivity contribution < 1.29 is 14.0 Å². The molecule has 2 N–H and O–H groups in total. The third-order valence-corrected chi connectivity index (χ3v) is 5.59. The standard InChI is InChI=1S/C23H24FN5O2S/c1-15(8-9-16-10-12-17(13-11-16)29(2)3)27-28-23-26-21(30)14-20(32-23)22(31)25-19-7-5-4-6-18(19)24/h4-13,20H,14H2,1-3H3,(H,25,31)(H,26,28,30). The van der Waals surface area contributed by atoms with Crippen molar-refractivity contribution in [3.05, 3.63) is 66.0 Å². The molecule has 1 fully saturated rings. The van der Waals surface area contributed by atoms with Gasteiger partial charge in [0.15, 0.2) is 5.17 Å². The number of hydrogen-bond acceptors (Lipinski definition) is 6. The van der Waals surface area contributed by atoms with Crippen molar-refractivity contribution in [2.45, 2.75) is 18.6 Å². The van der Waals surface area contributed by atoms with E-state index in [4.69, 9.17) is 0 Å². The average molecular weight is 454 g/mol. The Balaban J connectivity index is 1.63. The Morgan fingerprint density at radius 2 is 1.94 bits per heavy atom. The van der Waals surface area contributed by atoms with Gasteiger partial charge in [-0.3, -0.25) is 9.59 Å². The molecule has 1 atom stereocenters. The number of para-hydroxylation sites is 1. The number of benzene rings is 2. The summed E-state index contributed by atoms with van der Waals surface area (Å²) in [7, 11) is 3.97. The van der Waals surface area contributed by atoms with Crippen LogP contribution in [0.4, 0.5) is 15.8 Å². The second-order valence-corrected chi connectivity index (χ2v) is 8.49. The minimum atomic E-state index is -0.733. The first-order chi connectivity index (χ1) is 15.3. The molecule has 1 heterocycles. The summed E-state index contributed by atoms with van der Waals surface area (Å²) in [4.78, 5) is 26.5. The van der Waals surface area contributed by atoms with Crippen LogP contribution in [-0.2, 0) is 9.59 Å². The third-order valence-electron chi connectivity index (χ3n) is 4.52. The van der Waals surface area contributed by atoms with E-state index in [2.05, 4.69) is 20.8 Å². The molecule has 0 aromatic heterocycles. The molecule has 7 nitrogen and oxygen atoms in total. The number of amidine groups is 1. The lowest BCUT2D eigenvalue weighted by Gasteiger charge is -2.21. The minimum Gasteiger partial charge on any atom is -0.378 e. The van der Waals surface area contributed by atoms with Gasteiger partial charge in [-0.05, 0) is 42.8 Å². The fraction of sp³-hybridized carbons (Fsp3) is 0.217. The second kappa shape index (κ2) is 10.7. The molecule has 3 rings (SSSR count). The van der Waals surface area contributed by atoms with Gasteiger partial charge in [-0.1, -0.05) is 42.1 Å². The van der Waals surface area contributed by atoms with Crippen molar-refractivity contribution >= 4 is 51.9 Å². The van der Waals surface area contributed by atoms with E-state index < -0.39 is 17.0 Å². The van der Waals surface area contributed by atoms with Gasteiger partial charge in [-0.15, -0.1) is 5.10 Å². The number of nitrogens with zero attached hydrogens (tertiary/aromatic N) is 3. The molecule has 2 aromatic carbocycles. The van der Waals surface area contributed by atoms with Crippen molar-refractivity contribution in [2.24, 2.45) is 10.2 Å². The van der Waals surface area contributed by atoms with Gasteiger partial charge in [-0.2, -0.15) is 5.10 Å². The first kappa shape index (κ1) is 23.2. The molecule has 0 radical (unpaired) electrons. The maximum absolute atomic E-state index is 13.8. The van der Waals surface area contributed by atoms with Crippen molar-refractivity contribution in [3.8, 4) is 0 Å². The second-order valence-electron chi connectivity index (χ2n) is 7.29. The Morgan fingerprint density at radius 3 is 2.62 bits per heavy atom. The summed E-state index contributed by atoms with van der Waals surface area (Å²) >= 11 is 1.08. The van der Waals surface area contributed by atoms with Gasteiger partial charge in [0.1, 0.15) is 11.1 Å². The number of allylic oxidation sites excluding steroid dienone is 1. The topological polar surface area (TPSA) is 86.2 Å². The Morgan fingerprint density at radius 1 is 1.22 bits per heavy atom. The van der Waals surface area contributed by atoms with Crippen LogP contribution < -0.4 is 15.5 Å². The Labute approximate surface area is 190 Å². The Kier molecular flexibility index (Phi) is 7.77. The molecular formula is C23H24FN5O2S. The molecule has 0 spiro atoms. The summed E-state index contributed by atoms with van der Waals surface area (Å²) in [5.74, 6) is -1.35. The average Bonchev–Trinajstić information content (AvgIpc) is 2.77. The summed E-state index contributed by atoms with van der Waals surface area (Å²) in [5, 5.41) is 12.8. The number of nitrogens with one attached hydrogen (secondary N) is 2. The first-order valence-corrected chi connectivity index (χ1v) is 10.8. The molecule has 1 unspecified atom stereocenters. The number of rotatable bonds is 6. The summed E-state index contributed by atoms with van der Waals surface area (Å²) in [6.45, 7) is 1.78. The highest BCUT2D eigenvalue weighted by Crippen LogP contribution is 2.23. The van der Waals surface area contributed by atoms with Crippen LogP contribution in [0.15, 0.2) is 64.8 Å². The van der Waals surface area contributed by atoms with Crippen LogP contribution in [0.2, 0.25) is 0 Å². The van der Waals surface area contributed by atoms with Gasteiger partial charge >= 0.3 is 0 Å². The molecule has 0 bridgehead atoms. The van der Waals surface area contributed by atoms with Crippen LogP contribution in [0, 0.1) is 5.82 Å². The fourth-order valence-electron chi connectivity index (χ4n) is 2.77. The Bertz CT molecular complexity index is 1080. The van der Waals surface area contributed by atoms with E-state index in [0.29, 0.717) is 5.71 Å². The number of hydrogen-bond donors (Lipinski definition) is 2. The third kappa shape index (κ3) is 6.52. The van der Waals surface area contributed by atoms with Gasteiger partial charge in [0.05, 0.1) is 11.4 Å². The highest BCUT2D eigenvalue weighted by atomic mass is 32.2. The van der Waals surface area contributed by atoms with E-state index in [9.17, 15) is 14.0 Å². The quantitative estimate of drug-likeness (QED) is 0.513. The van der Waals surface area contributed by atoms with Gasteiger partial charge < -0.3 is 15.5 Å². The number of amides is 2. The highest BCUT2D eigenvalue weighted by molar-refractivity contribution is 8.15. The number of anilines is 2. The maximum Gasteiger partial charge on any atom is 0.238 e. The van der Waals surface area contributed by atoms with E-state index in [0.717, 1.165) is 23.0 Å². The minimum absolute atomic E-state index is 0.0322. The van der Waals surface area contributed by atoms with E-state index >= 15 is 0 Å². The largest absolute Gasteiger partial charge is 0.378 e. The molecule has 32 heavy (non-hydrogen) atoms. The SMILES string of the molecule is CC(C=Cc1ccc(N(C)C)cc1)=NN=C1NC(=O)CC(C(=O)Nc2ccccc2F)S1. The van der Waals surface area contributed by atoms with Crippen LogP contribution in [0.3, 0.4) is 0 Å².